The Balaban J connectivity index is 0.000000200. The van der Waals surface area contributed by atoms with Gasteiger partial charge in [0.1, 0.15) is 5.75 Å². The van der Waals surface area contributed by atoms with Crippen LogP contribution in [-0.4, -0.2) is 138 Å². The molecule has 336 valence electrons. The average molecular weight is 919 g/mol. The van der Waals surface area contributed by atoms with Crippen molar-refractivity contribution in [2.45, 2.75) is 57.5 Å². The number of nitrogens with zero attached hydrogens (tertiary/aromatic N) is 6. The Bertz CT molecular complexity index is 1590. The van der Waals surface area contributed by atoms with Crippen LogP contribution in [0.25, 0.3) is 0 Å². The molecular weight excluding hydrogens is 851 g/mol. The zero-order valence-electron chi connectivity index (χ0n) is 35.6. The van der Waals surface area contributed by atoms with E-state index in [1.807, 2.05) is 35.2 Å². The largest absolute Gasteiger partial charge is 0.495 e. The van der Waals surface area contributed by atoms with Gasteiger partial charge in [-0.1, -0.05) is 48.7 Å². The minimum Gasteiger partial charge on any atom is -0.495 e. The second kappa shape index (κ2) is 28.4. The lowest BCUT2D eigenvalue weighted by Crippen LogP contribution is -2.46. The molecule has 0 aromatic heterocycles. The number of benzene rings is 3. The number of methoxy groups -OCH3 is 1. The van der Waals surface area contributed by atoms with Crippen LogP contribution in [0.5, 0.6) is 5.75 Å². The van der Waals surface area contributed by atoms with Crippen LogP contribution >= 0.6 is 46.4 Å². The molecule has 3 saturated heterocycles. The van der Waals surface area contributed by atoms with Crippen molar-refractivity contribution >= 4 is 63.5 Å². The van der Waals surface area contributed by atoms with Gasteiger partial charge in [0.25, 0.3) is 0 Å². The molecule has 60 heavy (non-hydrogen) atoms. The second-order valence-electron chi connectivity index (χ2n) is 15.6. The van der Waals surface area contributed by atoms with E-state index in [4.69, 9.17) is 51.1 Å². The van der Waals surface area contributed by atoms with Gasteiger partial charge in [-0.25, -0.2) is 0 Å². The average Bonchev–Trinajstić information content (AvgIpc) is 3.27. The molecule has 7 nitrogen and oxygen atoms in total. The van der Waals surface area contributed by atoms with Crippen LogP contribution in [0, 0.1) is 0 Å². The number of alkyl halides is 6. The topological polar surface area (TPSA) is 28.7 Å². The third-order valence-corrected chi connectivity index (χ3v) is 12.4. The van der Waals surface area contributed by atoms with Crippen LogP contribution in [-0.2, 0) is 6.18 Å². The van der Waals surface area contributed by atoms with Crippen molar-refractivity contribution in [1.29, 1.82) is 0 Å². The van der Waals surface area contributed by atoms with Crippen LogP contribution < -0.4 is 19.4 Å². The standard InChI is InChI=1S/C17H24ClF3N2.C15H23ClN2O.C14H20Cl2N2/c18-8-3-1-2-4-9-22-10-12-23(13-11-22)16-7-5-6-15(14-16)17(19,20)21;1-19-15-7-3-2-6-14(15)18-12-10-17(11-13-18)9-5-4-8-16;15-6-1-2-7-17-8-10-18(11-9-17)14-5-3-4-13(16)12-14/h5-7,14H,1-4,8-13H2;2-3,6-7H,4-5,8-13H2,1H3;3-5,12H,1-2,6-11H2. The van der Waals surface area contributed by atoms with Gasteiger partial charge in [-0.15, -0.1) is 34.8 Å². The summed E-state index contributed by atoms with van der Waals surface area (Å²) in [4.78, 5) is 14.3. The number of rotatable bonds is 18. The number of hydrogen-bond donors (Lipinski definition) is 0. The Kier molecular flexibility index (Phi) is 23.8. The summed E-state index contributed by atoms with van der Waals surface area (Å²) in [6.07, 6.45) is 4.99. The van der Waals surface area contributed by atoms with Crippen LogP contribution in [0.2, 0.25) is 5.02 Å². The third kappa shape index (κ3) is 18.2. The highest BCUT2D eigenvalue weighted by atomic mass is 35.5. The van der Waals surface area contributed by atoms with Gasteiger partial charge in [0.15, 0.2) is 0 Å². The highest BCUT2D eigenvalue weighted by Gasteiger charge is 2.31. The predicted octanol–water partition coefficient (Wildman–Crippen LogP) is 10.9. The number of piperazine rings is 3. The molecule has 14 heteroatoms. The van der Waals surface area contributed by atoms with Gasteiger partial charge in [-0.2, -0.15) is 13.2 Å². The zero-order valence-corrected chi connectivity index (χ0v) is 38.6. The first-order valence-corrected chi connectivity index (χ1v) is 23.8. The zero-order chi connectivity index (χ0) is 43.0. The van der Waals surface area contributed by atoms with Crippen LogP contribution in [0.15, 0.2) is 72.8 Å². The summed E-state index contributed by atoms with van der Waals surface area (Å²) >= 11 is 23.1. The molecule has 3 heterocycles. The summed E-state index contributed by atoms with van der Waals surface area (Å²) in [6.45, 7) is 15.6. The van der Waals surface area contributed by atoms with Gasteiger partial charge in [0.2, 0.25) is 0 Å². The van der Waals surface area contributed by atoms with E-state index in [-0.39, 0.29) is 0 Å². The summed E-state index contributed by atoms with van der Waals surface area (Å²) in [5.74, 6) is 3.26. The SMILES string of the molecule is COc1ccccc1N1CCN(CCCCCl)CC1.ClCCCCN1CCN(c2cccc(Cl)c2)CC1.FC(F)(F)c1cccc(N2CCN(CCCCCCCl)CC2)c1. The minimum atomic E-state index is -4.28. The molecule has 0 unspecified atom stereocenters. The fraction of sp³-hybridized carbons (Fsp3) is 0.609. The third-order valence-electron chi connectivity index (χ3n) is 11.3. The molecule has 3 aliphatic rings. The van der Waals surface area contributed by atoms with Crippen molar-refractivity contribution < 1.29 is 17.9 Å². The first-order chi connectivity index (χ1) is 29.1. The number of halogens is 7. The number of ether oxygens (including phenoxy) is 1. The molecule has 0 radical (unpaired) electrons. The molecule has 0 aliphatic carbocycles. The number of anilines is 3. The molecule has 3 aromatic carbocycles. The van der Waals surface area contributed by atoms with Gasteiger partial charge in [-0.05, 0) is 107 Å². The fourth-order valence-corrected chi connectivity index (χ4v) is 8.51. The Morgan fingerprint density at radius 1 is 0.500 bits per heavy atom. The summed E-state index contributed by atoms with van der Waals surface area (Å²) in [5, 5.41) is 0.817. The lowest BCUT2D eigenvalue weighted by Gasteiger charge is -2.36. The highest BCUT2D eigenvalue weighted by molar-refractivity contribution is 6.30. The molecule has 3 aromatic rings. The lowest BCUT2D eigenvalue weighted by molar-refractivity contribution is -0.137. The number of unbranched alkanes of at least 4 members (excludes halogenated alkanes) is 5. The smallest absolute Gasteiger partial charge is 0.416 e. The maximum Gasteiger partial charge on any atom is 0.416 e. The first-order valence-electron chi connectivity index (χ1n) is 21.8. The fourth-order valence-electron chi connectivity index (χ4n) is 7.76. The van der Waals surface area contributed by atoms with Crippen LogP contribution in [0.1, 0.15) is 56.9 Å². The molecule has 0 bridgehead atoms. The number of hydrogen-bond acceptors (Lipinski definition) is 7. The van der Waals surface area contributed by atoms with E-state index in [0.717, 1.165) is 139 Å². The van der Waals surface area contributed by atoms with Crippen molar-refractivity contribution in [1.82, 2.24) is 14.7 Å². The Morgan fingerprint density at radius 2 is 0.933 bits per heavy atom. The Morgan fingerprint density at radius 3 is 1.42 bits per heavy atom. The molecule has 0 amide bonds. The van der Waals surface area contributed by atoms with Crippen molar-refractivity contribution in [3.05, 3.63) is 83.4 Å². The van der Waals surface area contributed by atoms with E-state index < -0.39 is 11.7 Å². The van der Waals surface area contributed by atoms with Crippen molar-refractivity contribution in [2.24, 2.45) is 0 Å². The predicted molar refractivity (Wildman–Crippen MR) is 251 cm³/mol. The van der Waals surface area contributed by atoms with Crippen molar-refractivity contribution in [2.75, 3.05) is 138 Å². The molecule has 3 fully saturated rings. The lowest BCUT2D eigenvalue weighted by atomic mass is 10.1. The van der Waals surface area contributed by atoms with Crippen LogP contribution in [0.4, 0.5) is 30.2 Å². The van der Waals surface area contributed by atoms with E-state index in [2.05, 4.69) is 42.7 Å². The minimum absolute atomic E-state index is 0.572. The van der Waals surface area contributed by atoms with Gasteiger partial charge in [0, 0.05) is 113 Å². The van der Waals surface area contributed by atoms with E-state index in [0.29, 0.717) is 5.69 Å². The van der Waals surface area contributed by atoms with Crippen molar-refractivity contribution in [3.8, 4) is 5.75 Å². The van der Waals surface area contributed by atoms with Crippen molar-refractivity contribution in [3.63, 3.8) is 0 Å². The van der Waals surface area contributed by atoms with E-state index in [9.17, 15) is 13.2 Å². The molecule has 0 atom stereocenters. The Hall–Kier alpha value is -2.31. The van der Waals surface area contributed by atoms with E-state index in [1.165, 1.54) is 68.7 Å². The van der Waals surface area contributed by atoms with Gasteiger partial charge >= 0.3 is 6.18 Å². The van der Waals surface area contributed by atoms with Gasteiger partial charge < -0.3 is 19.4 Å². The molecule has 3 aliphatic heterocycles. The van der Waals surface area contributed by atoms with E-state index >= 15 is 0 Å². The Labute approximate surface area is 378 Å². The second-order valence-corrected chi connectivity index (χ2v) is 17.2. The quantitative estimate of drug-likeness (QED) is 0.0927. The molecule has 0 saturated carbocycles. The monoisotopic (exact) mass is 916 g/mol. The maximum absolute atomic E-state index is 12.8. The van der Waals surface area contributed by atoms with Gasteiger partial charge in [-0.3, -0.25) is 14.7 Å². The van der Waals surface area contributed by atoms with Crippen LogP contribution in [0.3, 0.4) is 0 Å². The normalized spacial score (nSPS) is 16.8. The summed E-state index contributed by atoms with van der Waals surface area (Å²) < 4.78 is 43.8. The molecular formula is C46H67Cl4F3N6O. The van der Waals surface area contributed by atoms with E-state index in [1.54, 1.807) is 13.2 Å². The molecule has 0 spiro atoms. The summed E-state index contributed by atoms with van der Waals surface area (Å²) in [7, 11) is 1.74. The maximum atomic E-state index is 12.8. The molecule has 0 N–H and O–H groups in total. The van der Waals surface area contributed by atoms with Gasteiger partial charge in [0.05, 0.1) is 18.4 Å². The summed E-state index contributed by atoms with van der Waals surface area (Å²) in [6, 6.07) is 22.0. The first kappa shape index (κ1) is 50.3. The highest BCUT2D eigenvalue weighted by Crippen LogP contribution is 2.32. The number of para-hydroxylation sites is 2. The summed E-state index contributed by atoms with van der Waals surface area (Å²) in [5.41, 5.74) is 2.55. The molecule has 6 rings (SSSR count).